The van der Waals surface area contributed by atoms with E-state index >= 15 is 0 Å². The third-order valence-electron chi connectivity index (χ3n) is 7.24. The minimum Gasteiger partial charge on any atom is -0.493 e. The van der Waals surface area contributed by atoms with Crippen molar-refractivity contribution in [3.63, 3.8) is 0 Å². The number of amides is 1. The molecule has 1 amide bonds. The van der Waals surface area contributed by atoms with E-state index in [1.807, 2.05) is 54.6 Å². The Morgan fingerprint density at radius 3 is 2.43 bits per heavy atom. The number of methoxy groups -OCH3 is 2. The Labute approximate surface area is 217 Å². The average Bonchev–Trinajstić information content (AvgIpc) is 3.59. The van der Waals surface area contributed by atoms with Crippen molar-refractivity contribution in [1.29, 1.82) is 0 Å². The molecule has 2 N–H and O–H groups in total. The van der Waals surface area contributed by atoms with Crippen LogP contribution in [0.15, 0.2) is 54.6 Å². The molecule has 37 heavy (non-hydrogen) atoms. The third kappa shape index (κ3) is 5.18. The fourth-order valence-corrected chi connectivity index (χ4v) is 5.34. The standard InChI is InChI=1S/C30H33N3O4/c1-36-27-7-5-6-24(29(27)37-2)22-12-14-25(28-23(22)13-15-26(28)34)32-30(35)20-8-10-21(11-9-20)31-16-19-33-17-3-4-18-33/h5-12,14,31H,3-4,13,15-19H2,1-2H3,(H,32,35). The van der Waals surface area contributed by atoms with E-state index in [4.69, 9.17) is 9.47 Å². The first kappa shape index (κ1) is 24.8. The van der Waals surface area contributed by atoms with Gasteiger partial charge in [-0.3, -0.25) is 9.59 Å². The van der Waals surface area contributed by atoms with Gasteiger partial charge in [-0.25, -0.2) is 0 Å². The number of likely N-dealkylation sites (tertiary alicyclic amines) is 1. The second kappa shape index (κ2) is 11.0. The quantitative estimate of drug-likeness (QED) is 0.418. The zero-order valence-corrected chi connectivity index (χ0v) is 21.4. The maximum Gasteiger partial charge on any atom is 0.255 e. The molecule has 7 heteroatoms. The number of benzene rings is 3. The third-order valence-corrected chi connectivity index (χ3v) is 7.24. The van der Waals surface area contributed by atoms with E-state index in [-0.39, 0.29) is 11.7 Å². The number of carbonyl (C=O) groups is 2. The zero-order valence-electron chi connectivity index (χ0n) is 21.4. The maximum atomic E-state index is 13.1. The molecule has 0 spiro atoms. The van der Waals surface area contributed by atoms with Gasteiger partial charge in [0.2, 0.25) is 0 Å². The van der Waals surface area contributed by atoms with Crippen molar-refractivity contribution >= 4 is 23.1 Å². The van der Waals surface area contributed by atoms with Crippen molar-refractivity contribution in [2.24, 2.45) is 0 Å². The summed E-state index contributed by atoms with van der Waals surface area (Å²) in [5.41, 5.74) is 5.35. The highest BCUT2D eigenvalue weighted by atomic mass is 16.5. The minimum absolute atomic E-state index is 0.0339. The molecule has 1 aliphatic heterocycles. The monoisotopic (exact) mass is 499 g/mol. The topological polar surface area (TPSA) is 79.9 Å². The van der Waals surface area contributed by atoms with E-state index in [0.29, 0.717) is 41.2 Å². The molecule has 7 nitrogen and oxygen atoms in total. The van der Waals surface area contributed by atoms with Crippen molar-refractivity contribution in [1.82, 2.24) is 4.90 Å². The number of fused-ring (bicyclic) bond motifs is 1. The lowest BCUT2D eigenvalue weighted by atomic mass is 9.94. The van der Waals surface area contributed by atoms with Crippen LogP contribution in [0.2, 0.25) is 0 Å². The summed E-state index contributed by atoms with van der Waals surface area (Å²) in [6, 6.07) is 16.9. The SMILES string of the molecule is COc1cccc(-c2ccc(NC(=O)c3ccc(NCCN4CCCC4)cc3)c3c2CCC3=O)c1OC. The largest absolute Gasteiger partial charge is 0.493 e. The lowest BCUT2D eigenvalue weighted by molar-refractivity contribution is 0.0995. The molecule has 0 radical (unpaired) electrons. The number of carbonyl (C=O) groups excluding carboxylic acids is 2. The van der Waals surface area contributed by atoms with Gasteiger partial charge >= 0.3 is 0 Å². The highest BCUT2D eigenvalue weighted by Gasteiger charge is 2.28. The van der Waals surface area contributed by atoms with Crippen molar-refractivity contribution in [2.75, 3.05) is 51.0 Å². The molecular formula is C30H33N3O4. The molecule has 3 aromatic rings. The second-order valence-corrected chi connectivity index (χ2v) is 9.49. The van der Waals surface area contributed by atoms with Crippen LogP contribution >= 0.6 is 0 Å². The predicted octanol–water partition coefficient (Wildman–Crippen LogP) is 5.26. The van der Waals surface area contributed by atoms with Crippen LogP contribution in [-0.4, -0.2) is 57.0 Å². The van der Waals surface area contributed by atoms with Gasteiger partial charge in [-0.15, -0.1) is 0 Å². The Morgan fingerprint density at radius 1 is 0.919 bits per heavy atom. The van der Waals surface area contributed by atoms with Crippen molar-refractivity contribution in [3.8, 4) is 22.6 Å². The number of anilines is 2. The summed E-state index contributed by atoms with van der Waals surface area (Å²) < 4.78 is 11.1. The Bertz CT molecular complexity index is 1300. The fraction of sp³-hybridized carbons (Fsp3) is 0.333. The van der Waals surface area contributed by atoms with Gasteiger partial charge in [0.25, 0.3) is 5.91 Å². The van der Waals surface area contributed by atoms with Crippen molar-refractivity contribution in [2.45, 2.75) is 25.7 Å². The summed E-state index contributed by atoms with van der Waals surface area (Å²) in [7, 11) is 3.21. The van der Waals surface area contributed by atoms with Crippen LogP contribution in [0.5, 0.6) is 11.5 Å². The van der Waals surface area contributed by atoms with E-state index < -0.39 is 0 Å². The molecule has 0 bridgehead atoms. The van der Waals surface area contributed by atoms with Crippen LogP contribution in [-0.2, 0) is 6.42 Å². The number of hydrogen-bond donors (Lipinski definition) is 2. The molecule has 0 unspecified atom stereocenters. The summed E-state index contributed by atoms with van der Waals surface area (Å²) >= 11 is 0. The summed E-state index contributed by atoms with van der Waals surface area (Å²) in [6.07, 6.45) is 3.61. The van der Waals surface area contributed by atoms with Gasteiger partial charge in [-0.05, 0) is 79.9 Å². The average molecular weight is 500 g/mol. The van der Waals surface area contributed by atoms with E-state index in [9.17, 15) is 9.59 Å². The molecule has 1 heterocycles. The van der Waals surface area contributed by atoms with Gasteiger partial charge in [-0.2, -0.15) is 0 Å². The molecule has 1 saturated heterocycles. The molecule has 192 valence electrons. The first-order chi connectivity index (χ1) is 18.1. The summed E-state index contributed by atoms with van der Waals surface area (Å²) in [4.78, 5) is 28.4. The van der Waals surface area contributed by atoms with Crippen LogP contribution in [0.4, 0.5) is 11.4 Å². The smallest absolute Gasteiger partial charge is 0.255 e. The van der Waals surface area contributed by atoms with Gasteiger partial charge in [0.05, 0.1) is 19.9 Å². The molecule has 2 aliphatic rings. The molecule has 0 atom stereocenters. The van der Waals surface area contributed by atoms with Gasteiger partial charge in [-0.1, -0.05) is 18.2 Å². The minimum atomic E-state index is -0.239. The van der Waals surface area contributed by atoms with Crippen LogP contribution in [0, 0.1) is 0 Å². The van der Waals surface area contributed by atoms with E-state index in [1.165, 1.54) is 25.9 Å². The molecule has 3 aromatic carbocycles. The van der Waals surface area contributed by atoms with Crippen molar-refractivity contribution in [3.05, 3.63) is 71.3 Å². The Kier molecular flexibility index (Phi) is 7.42. The number of Topliss-reactive ketones (excluding diaryl/α,β-unsaturated/α-hetero) is 1. The van der Waals surface area contributed by atoms with Gasteiger partial charge in [0, 0.05) is 41.9 Å². The molecule has 5 rings (SSSR count). The summed E-state index contributed by atoms with van der Waals surface area (Å²) in [5, 5.41) is 6.40. The Hall–Kier alpha value is -3.84. The number of rotatable bonds is 9. The van der Waals surface area contributed by atoms with E-state index in [2.05, 4.69) is 15.5 Å². The summed E-state index contributed by atoms with van der Waals surface area (Å²) in [5.74, 6) is 1.05. The van der Waals surface area contributed by atoms with Gasteiger partial charge in [0.1, 0.15) is 0 Å². The maximum absolute atomic E-state index is 13.1. The first-order valence-corrected chi connectivity index (χ1v) is 12.9. The van der Waals surface area contributed by atoms with Crippen LogP contribution in [0.25, 0.3) is 11.1 Å². The normalized spacial score (nSPS) is 14.9. The number of hydrogen-bond acceptors (Lipinski definition) is 6. The number of para-hydroxylation sites is 1. The van der Waals surface area contributed by atoms with Gasteiger partial charge in [0.15, 0.2) is 17.3 Å². The van der Waals surface area contributed by atoms with E-state index in [0.717, 1.165) is 35.5 Å². The lowest BCUT2D eigenvalue weighted by Crippen LogP contribution is -2.25. The van der Waals surface area contributed by atoms with Crippen LogP contribution in [0.3, 0.4) is 0 Å². The Balaban J connectivity index is 1.33. The number of nitrogens with one attached hydrogen (secondary N) is 2. The highest BCUT2D eigenvalue weighted by Crippen LogP contribution is 2.43. The number of nitrogens with zero attached hydrogens (tertiary/aromatic N) is 1. The van der Waals surface area contributed by atoms with Crippen molar-refractivity contribution < 1.29 is 19.1 Å². The second-order valence-electron chi connectivity index (χ2n) is 9.49. The van der Waals surface area contributed by atoms with Gasteiger partial charge < -0.3 is 25.0 Å². The number of ketones is 1. The predicted molar refractivity (Wildman–Crippen MR) is 146 cm³/mol. The Morgan fingerprint density at radius 2 is 1.70 bits per heavy atom. The summed E-state index contributed by atoms with van der Waals surface area (Å²) in [6.45, 7) is 4.27. The molecule has 1 aliphatic carbocycles. The zero-order chi connectivity index (χ0) is 25.8. The molecule has 0 aromatic heterocycles. The fourth-order valence-electron chi connectivity index (χ4n) is 5.34. The molecule has 0 saturated carbocycles. The first-order valence-electron chi connectivity index (χ1n) is 12.9. The lowest BCUT2D eigenvalue weighted by Gasteiger charge is -2.17. The van der Waals surface area contributed by atoms with Crippen LogP contribution < -0.4 is 20.1 Å². The van der Waals surface area contributed by atoms with E-state index in [1.54, 1.807) is 14.2 Å². The molecular weight excluding hydrogens is 466 g/mol. The number of ether oxygens (including phenoxy) is 2. The highest BCUT2D eigenvalue weighted by molar-refractivity contribution is 6.12. The molecule has 1 fully saturated rings. The van der Waals surface area contributed by atoms with Crippen LogP contribution in [0.1, 0.15) is 45.5 Å².